The number of ether oxygens (including phenoxy) is 1. The van der Waals surface area contributed by atoms with Gasteiger partial charge in [0.25, 0.3) is 0 Å². The van der Waals surface area contributed by atoms with E-state index in [1.807, 2.05) is 49.1 Å². The van der Waals surface area contributed by atoms with Crippen LogP contribution in [0.1, 0.15) is 37.8 Å². The van der Waals surface area contributed by atoms with E-state index in [1.165, 1.54) is 0 Å². The van der Waals surface area contributed by atoms with Crippen LogP contribution in [-0.4, -0.2) is 42.4 Å². The highest BCUT2D eigenvalue weighted by Gasteiger charge is 2.25. The molecule has 1 N–H and O–H groups in total. The summed E-state index contributed by atoms with van der Waals surface area (Å²) < 4.78 is 11.2. The van der Waals surface area contributed by atoms with E-state index in [4.69, 9.17) is 9.15 Å². The van der Waals surface area contributed by atoms with E-state index >= 15 is 0 Å². The quantitative estimate of drug-likeness (QED) is 0.865. The van der Waals surface area contributed by atoms with Crippen molar-refractivity contribution in [2.45, 2.75) is 26.3 Å². The van der Waals surface area contributed by atoms with Crippen LogP contribution < -0.4 is 10.2 Å². The lowest BCUT2D eigenvalue weighted by Crippen LogP contribution is -2.36. The Balaban J connectivity index is 1.81. The summed E-state index contributed by atoms with van der Waals surface area (Å²) >= 11 is 0. The van der Waals surface area contributed by atoms with E-state index in [0.717, 1.165) is 18.7 Å². The number of hydrogen-bond donors (Lipinski definition) is 1. The largest absolute Gasteiger partial charge is 0.405 e. The van der Waals surface area contributed by atoms with Gasteiger partial charge in [-0.05, 0) is 11.5 Å². The smallest absolute Gasteiger partial charge is 0.318 e. The molecule has 1 fully saturated rings. The first-order valence-electron chi connectivity index (χ1n) is 8.64. The summed E-state index contributed by atoms with van der Waals surface area (Å²) in [5.41, 5.74) is 0.914. The number of carbonyl (C=O) groups is 1. The zero-order valence-corrected chi connectivity index (χ0v) is 14.6. The number of benzene rings is 1. The monoisotopic (exact) mass is 344 g/mol. The lowest BCUT2D eigenvalue weighted by Gasteiger charge is -2.24. The summed E-state index contributed by atoms with van der Waals surface area (Å²) in [6.07, 6.45) is 0.452. The standard InChI is InChI=1S/C18H24N4O3/c1-13(2)12-15(23)19-16(14-6-4-3-5-7-14)17-20-21-18(25-17)22-8-10-24-11-9-22/h3-7,13,16H,8-12H2,1-2H3,(H,19,23)/t16-/m1/s1. The fourth-order valence-electron chi connectivity index (χ4n) is 2.75. The van der Waals surface area contributed by atoms with Gasteiger partial charge in [-0.3, -0.25) is 4.79 Å². The first kappa shape index (κ1) is 17.4. The van der Waals surface area contributed by atoms with Crippen LogP contribution in [0.2, 0.25) is 0 Å². The van der Waals surface area contributed by atoms with Gasteiger partial charge in [0.2, 0.25) is 11.8 Å². The molecule has 1 aromatic carbocycles. The second-order valence-corrected chi connectivity index (χ2v) is 6.53. The molecule has 25 heavy (non-hydrogen) atoms. The predicted octanol–water partition coefficient (Wildman–Crippen LogP) is 2.16. The molecule has 1 aromatic heterocycles. The van der Waals surface area contributed by atoms with Gasteiger partial charge in [-0.15, -0.1) is 5.10 Å². The number of carbonyl (C=O) groups excluding carboxylic acids is 1. The minimum atomic E-state index is -0.449. The van der Waals surface area contributed by atoms with E-state index in [2.05, 4.69) is 15.5 Å². The molecule has 1 aliphatic rings. The molecular weight excluding hydrogens is 320 g/mol. The molecule has 3 rings (SSSR count). The van der Waals surface area contributed by atoms with Crippen molar-refractivity contribution in [2.75, 3.05) is 31.2 Å². The van der Waals surface area contributed by atoms with Gasteiger partial charge in [0.15, 0.2) is 0 Å². The van der Waals surface area contributed by atoms with Gasteiger partial charge in [0.05, 0.1) is 13.2 Å². The van der Waals surface area contributed by atoms with E-state index in [-0.39, 0.29) is 11.8 Å². The number of hydrogen-bond acceptors (Lipinski definition) is 6. The molecule has 0 radical (unpaired) electrons. The van der Waals surface area contributed by atoms with Gasteiger partial charge < -0.3 is 19.4 Å². The minimum absolute atomic E-state index is 0.0324. The summed E-state index contributed by atoms with van der Waals surface area (Å²) in [5, 5.41) is 11.4. The number of nitrogens with one attached hydrogen (secondary N) is 1. The highest BCUT2D eigenvalue weighted by atomic mass is 16.5. The minimum Gasteiger partial charge on any atom is -0.405 e. The summed E-state index contributed by atoms with van der Waals surface area (Å²) in [7, 11) is 0. The average Bonchev–Trinajstić information content (AvgIpc) is 3.10. The Morgan fingerprint density at radius 1 is 1.20 bits per heavy atom. The third-order valence-corrected chi connectivity index (χ3v) is 3.99. The Morgan fingerprint density at radius 3 is 2.60 bits per heavy atom. The van der Waals surface area contributed by atoms with Crippen molar-refractivity contribution >= 4 is 11.9 Å². The average molecular weight is 344 g/mol. The lowest BCUT2D eigenvalue weighted by molar-refractivity contribution is -0.122. The van der Waals surface area contributed by atoms with Crippen LogP contribution in [0.15, 0.2) is 34.7 Å². The topological polar surface area (TPSA) is 80.5 Å². The molecule has 2 aromatic rings. The first-order chi connectivity index (χ1) is 12.1. The fraction of sp³-hybridized carbons (Fsp3) is 0.500. The SMILES string of the molecule is CC(C)CC(=O)N[C@H](c1ccccc1)c1nnc(N2CCOCC2)o1. The van der Waals surface area contributed by atoms with Gasteiger partial charge >= 0.3 is 6.01 Å². The molecule has 0 saturated carbocycles. The summed E-state index contributed by atoms with van der Waals surface area (Å²) in [4.78, 5) is 14.3. The normalized spacial score (nSPS) is 16.0. The third-order valence-electron chi connectivity index (χ3n) is 3.99. The highest BCUT2D eigenvalue weighted by molar-refractivity contribution is 5.77. The van der Waals surface area contributed by atoms with Crippen LogP contribution >= 0.6 is 0 Å². The molecule has 0 unspecified atom stereocenters. The Hall–Kier alpha value is -2.41. The van der Waals surface area contributed by atoms with Crippen LogP contribution in [0.3, 0.4) is 0 Å². The van der Waals surface area contributed by atoms with Gasteiger partial charge in [0.1, 0.15) is 6.04 Å². The summed E-state index contributed by atoms with van der Waals surface area (Å²) in [6.45, 7) is 6.76. The van der Waals surface area contributed by atoms with Crippen LogP contribution in [0.25, 0.3) is 0 Å². The zero-order valence-electron chi connectivity index (χ0n) is 14.6. The Labute approximate surface area is 147 Å². The lowest BCUT2D eigenvalue weighted by atomic mass is 10.1. The molecule has 1 saturated heterocycles. The van der Waals surface area contributed by atoms with Crippen molar-refractivity contribution in [3.8, 4) is 0 Å². The molecule has 1 aliphatic heterocycles. The van der Waals surface area contributed by atoms with E-state index < -0.39 is 6.04 Å². The highest BCUT2D eigenvalue weighted by Crippen LogP contribution is 2.24. The van der Waals surface area contributed by atoms with Crippen molar-refractivity contribution in [3.63, 3.8) is 0 Å². The molecule has 7 nitrogen and oxygen atoms in total. The van der Waals surface area contributed by atoms with Gasteiger partial charge in [-0.1, -0.05) is 49.3 Å². The molecule has 0 spiro atoms. The van der Waals surface area contributed by atoms with Crippen LogP contribution in [0, 0.1) is 5.92 Å². The first-order valence-corrected chi connectivity index (χ1v) is 8.64. The van der Waals surface area contributed by atoms with Crippen molar-refractivity contribution in [1.82, 2.24) is 15.5 Å². The van der Waals surface area contributed by atoms with Crippen molar-refractivity contribution in [3.05, 3.63) is 41.8 Å². The molecular formula is C18H24N4O3. The molecule has 7 heteroatoms. The Morgan fingerprint density at radius 2 is 1.92 bits per heavy atom. The molecule has 134 valence electrons. The van der Waals surface area contributed by atoms with Crippen molar-refractivity contribution < 1.29 is 13.9 Å². The maximum absolute atomic E-state index is 12.3. The molecule has 0 aliphatic carbocycles. The molecule has 1 atom stereocenters. The summed E-state index contributed by atoms with van der Waals surface area (Å²) in [6, 6.07) is 9.69. The number of morpholine rings is 1. The number of aromatic nitrogens is 2. The van der Waals surface area contributed by atoms with E-state index in [9.17, 15) is 4.79 Å². The number of nitrogens with zero attached hydrogens (tertiary/aromatic N) is 3. The molecule has 2 heterocycles. The second kappa shape index (κ2) is 8.11. The van der Waals surface area contributed by atoms with Crippen LogP contribution in [0.5, 0.6) is 0 Å². The second-order valence-electron chi connectivity index (χ2n) is 6.53. The Kier molecular flexibility index (Phi) is 5.65. The van der Waals surface area contributed by atoms with Gasteiger partial charge in [-0.2, -0.15) is 0 Å². The fourth-order valence-corrected chi connectivity index (χ4v) is 2.75. The maximum atomic E-state index is 12.3. The van der Waals surface area contributed by atoms with Crippen LogP contribution in [0.4, 0.5) is 6.01 Å². The third kappa shape index (κ3) is 4.57. The number of rotatable bonds is 6. The zero-order chi connectivity index (χ0) is 17.6. The van der Waals surface area contributed by atoms with Crippen molar-refractivity contribution in [1.29, 1.82) is 0 Å². The van der Waals surface area contributed by atoms with Crippen LogP contribution in [-0.2, 0) is 9.53 Å². The van der Waals surface area contributed by atoms with E-state index in [1.54, 1.807) is 0 Å². The maximum Gasteiger partial charge on any atom is 0.318 e. The van der Waals surface area contributed by atoms with Crippen molar-refractivity contribution in [2.24, 2.45) is 5.92 Å². The van der Waals surface area contributed by atoms with Gasteiger partial charge in [0, 0.05) is 19.5 Å². The number of anilines is 1. The molecule has 0 bridgehead atoms. The Bertz CT molecular complexity index is 681. The van der Waals surface area contributed by atoms with Gasteiger partial charge in [-0.25, -0.2) is 0 Å². The summed E-state index contributed by atoms with van der Waals surface area (Å²) in [5.74, 6) is 0.641. The van der Waals surface area contributed by atoms with E-state index in [0.29, 0.717) is 31.5 Å². The molecule has 1 amide bonds. The predicted molar refractivity (Wildman–Crippen MR) is 93.2 cm³/mol. The number of amides is 1.